The van der Waals surface area contributed by atoms with Gasteiger partial charge in [0, 0.05) is 96.9 Å². The normalized spacial score (nSPS) is 22.2. The van der Waals surface area contributed by atoms with Gasteiger partial charge in [-0.15, -0.1) is 0 Å². The number of carbonyl (C=O) groups is 16. The number of nitrogens with one attached hydrogen (secondary N) is 12. The molecule has 0 bridgehead atoms. The van der Waals surface area contributed by atoms with E-state index in [9.17, 15) is 86.9 Å². The zero-order valence-electron chi connectivity index (χ0n) is 64.7. The number of aliphatic carboxylic acids is 4. The second-order valence-electron chi connectivity index (χ2n) is 28.3. The Bertz CT molecular complexity index is 3640. The fraction of sp³-hybridized carbons (Fsp3) is 0.652. The van der Waals surface area contributed by atoms with E-state index < -0.39 is 233 Å². The average Bonchev–Trinajstić information content (AvgIpc) is 1.82. The number of H-pyrrole nitrogens is 2. The summed E-state index contributed by atoms with van der Waals surface area (Å²) < 4.78 is 0. The number of aromatic amines is 2. The molecule has 17 atom stereocenters. The van der Waals surface area contributed by atoms with Gasteiger partial charge in [0.15, 0.2) is 23.5 Å². The van der Waals surface area contributed by atoms with Crippen molar-refractivity contribution < 1.29 is 97.1 Å². The van der Waals surface area contributed by atoms with E-state index in [0.29, 0.717) is 24.2 Å². The predicted octanol–water partition coefficient (Wildman–Crippen LogP) is -4.93. The lowest BCUT2D eigenvalue weighted by molar-refractivity contribution is -0.142. The molecule has 2 aromatic heterocycles. The van der Waals surface area contributed by atoms with Crippen LogP contribution in [0.25, 0.3) is 0 Å². The first kappa shape index (κ1) is 96.7. The van der Waals surface area contributed by atoms with E-state index in [4.69, 9.17) is 44.6 Å². The SMILES string of the molecule is CCC(C)C1NC(=O)C(NC(=O)C(CC(=O)C(CCCN=C(N)N)NC(=O)C(N)CC(=O)O)C(C)C)C(C)SCC(C(=O)O)NC(=O)C(Cc2cnc[nH]2)NC1=O.CCC(C)C1NC(=O)C(NC(=O)C(CC(=O)C(CCCN=C(N)N)NC(=O)C(N)CC(=O)O)C(C)C)CSCC(C(=O)O)NC(=O)C(Cc2cnc[nH]2)NC1=O. The molecule has 0 spiro atoms. The first-order chi connectivity index (χ1) is 53.1. The van der Waals surface area contributed by atoms with Crippen molar-refractivity contribution in [3.8, 4) is 0 Å². The molecule has 44 heteroatoms. The number of carboxylic acid groups (broad SMARTS) is 4. The van der Waals surface area contributed by atoms with Gasteiger partial charge >= 0.3 is 23.9 Å². The van der Waals surface area contributed by atoms with Crippen LogP contribution in [-0.4, -0.2) is 255 Å². The Kier molecular flexibility index (Phi) is 41.4. The van der Waals surface area contributed by atoms with Crippen molar-refractivity contribution in [3.05, 3.63) is 36.4 Å². The Morgan fingerprint density at radius 1 is 0.522 bits per heavy atom. The molecule has 2 aliphatic heterocycles. The summed E-state index contributed by atoms with van der Waals surface area (Å²) in [6.07, 6.45) is 4.74. The maximum absolute atomic E-state index is 14.1. The van der Waals surface area contributed by atoms with Crippen LogP contribution in [0.4, 0.5) is 0 Å². The molecule has 10 amide bonds. The largest absolute Gasteiger partial charge is 0.481 e. The van der Waals surface area contributed by atoms with E-state index in [1.807, 2.05) is 0 Å². The molecule has 113 heavy (non-hydrogen) atoms. The lowest BCUT2D eigenvalue weighted by Gasteiger charge is -2.31. The number of hydrogen-bond donors (Lipinski definition) is 22. The molecule has 0 saturated carbocycles. The van der Waals surface area contributed by atoms with Gasteiger partial charge in [0.2, 0.25) is 59.1 Å². The fourth-order valence-electron chi connectivity index (χ4n) is 11.5. The first-order valence-electron chi connectivity index (χ1n) is 36.8. The standard InChI is InChI=1S/C35H57N11O10S.C34H55N11O10S/c1-6-17(4)27-32(53)43-23(10-19-13-39-15-41-19)31(52)44-24(34(55)56)14-57-18(5)28(33(54)45-27)46-29(50)20(16(2)3)11-25(47)22(8-7-9-40-35(37)38)42-30(51)21(36)12-26(48)49;1-5-17(4)27-32(53)42-22(9-18-12-38-15-40-18)30(51)44-24(33(54)55)14-56-13-23(31(52)45-27)43-28(49)19(16(2)3)10-25(46)21(7-6-8-39-34(36)37)41-29(50)20(35)11-26(47)48/h13,15-18,20-24,27-28H,6-12,14,36H2,1-5H3,(H,39,41)(H,42,51)(H,43,53)(H,44,52)(H,45,54)(H,46,50)(H,48,49)(H,55,56)(H4,37,38,40);12,15-17,19-24,27H,5-11,13-14,35H2,1-4H3,(H,38,40)(H,41,50)(H,42,53)(H,43,49)(H,44,51)(H,45,52)(H,47,48)(H,54,55)(H4,36,37,39). The highest BCUT2D eigenvalue weighted by molar-refractivity contribution is 8.00. The number of amides is 10. The topological polar surface area (TPSA) is 713 Å². The van der Waals surface area contributed by atoms with E-state index in [0.717, 1.165) is 23.5 Å². The molecule has 17 unspecified atom stereocenters. The molecular formula is C69H112N22O20S2. The van der Waals surface area contributed by atoms with Gasteiger partial charge in [-0.1, -0.05) is 75.2 Å². The molecule has 2 aliphatic rings. The van der Waals surface area contributed by atoms with E-state index in [1.54, 1.807) is 62.3 Å². The van der Waals surface area contributed by atoms with Crippen LogP contribution < -0.4 is 87.6 Å². The van der Waals surface area contributed by atoms with E-state index in [1.165, 1.54) is 25.0 Å². The number of nitrogens with zero attached hydrogens (tertiary/aromatic N) is 4. The molecule has 0 aromatic carbocycles. The molecule has 630 valence electrons. The molecule has 42 nitrogen and oxygen atoms in total. The third-order valence-corrected chi connectivity index (χ3v) is 21.2. The minimum absolute atomic E-state index is 0.0232. The number of Topliss-reactive ketones (excluding diaryl/α,β-unsaturated/α-hetero) is 2. The van der Waals surface area contributed by atoms with Gasteiger partial charge in [-0.2, -0.15) is 23.5 Å². The molecule has 28 N–H and O–H groups in total. The summed E-state index contributed by atoms with van der Waals surface area (Å²) in [4.78, 5) is 231. The molecule has 0 aliphatic carbocycles. The van der Waals surface area contributed by atoms with Gasteiger partial charge in [-0.3, -0.25) is 77.1 Å². The van der Waals surface area contributed by atoms with Crippen molar-refractivity contribution in [2.45, 2.75) is 217 Å². The van der Waals surface area contributed by atoms with Gasteiger partial charge in [0.25, 0.3) is 0 Å². The third kappa shape index (κ3) is 33.8. The summed E-state index contributed by atoms with van der Waals surface area (Å²) in [5.41, 5.74) is 34.0. The monoisotopic (exact) mass is 1630 g/mol. The number of hydrogen-bond acceptors (Lipinski definition) is 24. The van der Waals surface area contributed by atoms with Crippen LogP contribution in [0.1, 0.15) is 138 Å². The zero-order chi connectivity index (χ0) is 85.1. The predicted molar refractivity (Wildman–Crippen MR) is 413 cm³/mol. The fourth-order valence-corrected chi connectivity index (χ4v) is 13.6. The second kappa shape index (κ2) is 48.4. The van der Waals surface area contributed by atoms with Crippen molar-refractivity contribution in [1.29, 1.82) is 0 Å². The van der Waals surface area contributed by atoms with Crippen LogP contribution in [0.15, 0.2) is 35.0 Å². The van der Waals surface area contributed by atoms with Gasteiger partial charge in [-0.25, -0.2) is 19.6 Å². The number of aliphatic imine (C=N–C) groups is 2. The quantitative estimate of drug-likeness (QED) is 0.0170. The summed E-state index contributed by atoms with van der Waals surface area (Å²) >= 11 is 1.96. The lowest BCUT2D eigenvalue weighted by atomic mass is 9.87. The number of imidazole rings is 2. The van der Waals surface area contributed by atoms with Crippen LogP contribution >= 0.6 is 23.5 Å². The van der Waals surface area contributed by atoms with Crippen molar-refractivity contribution in [2.75, 3.05) is 30.3 Å². The van der Waals surface area contributed by atoms with Gasteiger partial charge < -0.3 is 118 Å². The summed E-state index contributed by atoms with van der Waals surface area (Å²) in [5, 5.41) is 63.2. The molecule has 4 heterocycles. The number of rotatable bonds is 38. The van der Waals surface area contributed by atoms with Crippen molar-refractivity contribution >= 4 is 130 Å². The van der Waals surface area contributed by atoms with Gasteiger partial charge in [-0.05, 0) is 49.4 Å². The van der Waals surface area contributed by atoms with Crippen LogP contribution in [0.3, 0.4) is 0 Å². The Labute approximate surface area is 661 Å². The number of carbonyl (C=O) groups excluding carboxylic acids is 12. The molecular weight excluding hydrogens is 1520 g/mol. The molecule has 4 rings (SSSR count). The van der Waals surface area contributed by atoms with E-state index in [-0.39, 0.29) is 80.8 Å². The minimum Gasteiger partial charge on any atom is -0.481 e. The Hall–Kier alpha value is -10.5. The highest BCUT2D eigenvalue weighted by Gasteiger charge is 2.42. The number of aromatic nitrogens is 4. The van der Waals surface area contributed by atoms with Crippen LogP contribution in [-0.2, 0) is 89.6 Å². The summed E-state index contributed by atoms with van der Waals surface area (Å²) in [6, 6.07) is -15.6. The lowest BCUT2D eigenvalue weighted by Crippen LogP contribution is -2.60. The van der Waals surface area contributed by atoms with Crippen LogP contribution in [0.2, 0.25) is 0 Å². The second-order valence-corrected chi connectivity index (χ2v) is 30.8. The minimum atomic E-state index is -1.46. The van der Waals surface area contributed by atoms with E-state index in [2.05, 4.69) is 83.1 Å². The van der Waals surface area contributed by atoms with Crippen molar-refractivity contribution in [1.82, 2.24) is 73.1 Å². The molecule has 2 saturated heterocycles. The van der Waals surface area contributed by atoms with Crippen LogP contribution in [0.5, 0.6) is 0 Å². The average molecular weight is 1630 g/mol. The Balaban J connectivity index is 0.000000585. The molecule has 0 radical (unpaired) electrons. The van der Waals surface area contributed by atoms with Crippen molar-refractivity contribution in [2.24, 2.45) is 79.9 Å². The van der Waals surface area contributed by atoms with Gasteiger partial charge in [0.05, 0.1) is 49.7 Å². The number of ketones is 2. The Morgan fingerprint density at radius 2 is 0.920 bits per heavy atom. The highest BCUT2D eigenvalue weighted by atomic mass is 32.2. The number of guanidine groups is 2. The molecule has 2 aromatic rings. The number of nitrogens with two attached hydrogens (primary N) is 6. The first-order valence-corrected chi connectivity index (χ1v) is 39.0. The van der Waals surface area contributed by atoms with Crippen LogP contribution in [0, 0.1) is 35.5 Å². The van der Waals surface area contributed by atoms with E-state index >= 15 is 0 Å². The smallest absolute Gasteiger partial charge is 0.327 e. The summed E-state index contributed by atoms with van der Waals surface area (Å²) in [7, 11) is 0. The zero-order valence-corrected chi connectivity index (χ0v) is 66.3. The number of carboxylic acids is 4. The number of thioether (sulfide) groups is 2. The molecule has 2 fully saturated rings. The van der Waals surface area contributed by atoms with Gasteiger partial charge in [0.1, 0.15) is 48.3 Å². The third-order valence-electron chi connectivity index (χ3n) is 18.7. The maximum atomic E-state index is 14.1. The summed E-state index contributed by atoms with van der Waals surface area (Å²) in [6.45, 7) is 15.5. The summed E-state index contributed by atoms with van der Waals surface area (Å²) in [5.74, 6) is -19.1. The van der Waals surface area contributed by atoms with Crippen molar-refractivity contribution in [3.63, 3.8) is 0 Å². The highest BCUT2D eigenvalue weighted by Crippen LogP contribution is 2.25. The Morgan fingerprint density at radius 3 is 1.28 bits per heavy atom. The maximum Gasteiger partial charge on any atom is 0.327 e.